The van der Waals surface area contributed by atoms with Gasteiger partial charge in [-0.05, 0) is 18.9 Å². The molecule has 1 unspecified atom stereocenters. The van der Waals surface area contributed by atoms with Crippen molar-refractivity contribution in [3.05, 3.63) is 48.0 Å². The molecule has 1 aliphatic heterocycles. The third-order valence-corrected chi connectivity index (χ3v) is 3.22. The zero-order chi connectivity index (χ0) is 11.6. The van der Waals surface area contributed by atoms with Gasteiger partial charge >= 0.3 is 5.97 Å². The molecule has 0 aromatic heterocycles. The highest BCUT2D eigenvalue weighted by Gasteiger charge is 2.44. The van der Waals surface area contributed by atoms with Crippen LogP contribution in [0.15, 0.2) is 36.9 Å². The normalized spacial score (nSPS) is 24.2. The number of cyclic esters (lactones) is 1. The van der Waals surface area contributed by atoms with E-state index in [1.165, 1.54) is 5.56 Å². The molecule has 2 nitrogen and oxygen atoms in total. The Morgan fingerprint density at radius 2 is 2.38 bits per heavy atom. The van der Waals surface area contributed by atoms with E-state index in [-0.39, 0.29) is 5.97 Å². The lowest BCUT2D eigenvalue weighted by Gasteiger charge is -2.23. The highest BCUT2D eigenvalue weighted by Crippen LogP contribution is 2.38. The summed E-state index contributed by atoms with van der Waals surface area (Å²) in [5.74, 6) is -0.113. The average Bonchev–Trinajstić information content (AvgIpc) is 2.62. The van der Waals surface area contributed by atoms with Crippen molar-refractivity contribution >= 4 is 5.97 Å². The number of hydrogen-bond donors (Lipinski definition) is 0. The van der Waals surface area contributed by atoms with Crippen LogP contribution in [0.1, 0.15) is 24.0 Å². The lowest BCUT2D eigenvalue weighted by Crippen LogP contribution is -2.30. The number of esters is 1. The second-order valence-electron chi connectivity index (χ2n) is 4.33. The van der Waals surface area contributed by atoms with Gasteiger partial charge in [-0.25, -0.2) is 0 Å². The van der Waals surface area contributed by atoms with Crippen LogP contribution in [0.2, 0.25) is 0 Å². The highest BCUT2D eigenvalue weighted by molar-refractivity contribution is 5.85. The largest absolute Gasteiger partial charge is 0.465 e. The van der Waals surface area contributed by atoms with Crippen molar-refractivity contribution in [3.63, 3.8) is 0 Å². The van der Waals surface area contributed by atoms with Crippen molar-refractivity contribution in [1.29, 1.82) is 0 Å². The topological polar surface area (TPSA) is 26.3 Å². The molecule has 0 spiro atoms. The summed E-state index contributed by atoms with van der Waals surface area (Å²) in [6.07, 6.45) is 3.20. The molecule has 2 heteroatoms. The van der Waals surface area contributed by atoms with Gasteiger partial charge in [0.05, 0.1) is 12.0 Å². The van der Waals surface area contributed by atoms with Crippen LogP contribution in [0.25, 0.3) is 0 Å². The van der Waals surface area contributed by atoms with Gasteiger partial charge in [0.2, 0.25) is 0 Å². The first-order valence-corrected chi connectivity index (χ1v) is 5.54. The first-order valence-electron chi connectivity index (χ1n) is 5.54. The molecule has 1 aromatic rings. The monoisotopic (exact) mass is 216 g/mol. The number of ether oxygens (including phenoxy) is 1. The Morgan fingerprint density at radius 1 is 1.56 bits per heavy atom. The summed E-state index contributed by atoms with van der Waals surface area (Å²) in [5, 5.41) is 0. The van der Waals surface area contributed by atoms with E-state index >= 15 is 0 Å². The Labute approximate surface area is 95.9 Å². The lowest BCUT2D eigenvalue weighted by atomic mass is 9.76. The second-order valence-corrected chi connectivity index (χ2v) is 4.33. The Hall–Kier alpha value is -1.57. The van der Waals surface area contributed by atoms with Crippen LogP contribution in [-0.4, -0.2) is 12.6 Å². The van der Waals surface area contributed by atoms with E-state index in [0.29, 0.717) is 13.0 Å². The maximum Gasteiger partial charge on any atom is 0.317 e. The minimum atomic E-state index is -0.492. The fourth-order valence-corrected chi connectivity index (χ4v) is 2.31. The Bertz CT molecular complexity index is 422. The molecule has 2 rings (SSSR count). The summed E-state index contributed by atoms with van der Waals surface area (Å²) in [6.45, 7) is 6.29. The third kappa shape index (κ3) is 1.64. The van der Waals surface area contributed by atoms with E-state index in [0.717, 1.165) is 12.0 Å². The molecule has 1 atom stereocenters. The quantitative estimate of drug-likeness (QED) is 0.573. The molecule has 0 saturated carbocycles. The number of rotatable bonds is 3. The zero-order valence-electron chi connectivity index (χ0n) is 9.53. The third-order valence-electron chi connectivity index (χ3n) is 3.22. The van der Waals surface area contributed by atoms with Gasteiger partial charge in [-0.2, -0.15) is 0 Å². The van der Waals surface area contributed by atoms with Crippen LogP contribution in [-0.2, 0) is 14.9 Å². The van der Waals surface area contributed by atoms with E-state index in [9.17, 15) is 4.79 Å². The van der Waals surface area contributed by atoms with Gasteiger partial charge in [0, 0.05) is 6.42 Å². The molecule has 0 radical (unpaired) electrons. The average molecular weight is 216 g/mol. The van der Waals surface area contributed by atoms with Gasteiger partial charge in [0.25, 0.3) is 0 Å². The van der Waals surface area contributed by atoms with E-state index < -0.39 is 5.41 Å². The molecule has 16 heavy (non-hydrogen) atoms. The van der Waals surface area contributed by atoms with Gasteiger partial charge in [-0.15, -0.1) is 6.58 Å². The number of hydrogen-bond acceptors (Lipinski definition) is 2. The van der Waals surface area contributed by atoms with Crippen LogP contribution in [0.5, 0.6) is 0 Å². The van der Waals surface area contributed by atoms with E-state index in [1.807, 2.05) is 25.1 Å². The van der Waals surface area contributed by atoms with Crippen molar-refractivity contribution < 1.29 is 9.53 Å². The molecule has 1 saturated heterocycles. The van der Waals surface area contributed by atoms with Crippen molar-refractivity contribution in [2.45, 2.75) is 25.2 Å². The minimum absolute atomic E-state index is 0.113. The van der Waals surface area contributed by atoms with E-state index in [1.54, 1.807) is 6.08 Å². The summed E-state index contributed by atoms with van der Waals surface area (Å²) in [6, 6.07) is 8.09. The summed E-state index contributed by atoms with van der Waals surface area (Å²) < 4.78 is 5.13. The van der Waals surface area contributed by atoms with Crippen molar-refractivity contribution in [1.82, 2.24) is 0 Å². The Morgan fingerprint density at radius 3 is 2.94 bits per heavy atom. The Kier molecular flexibility index (Phi) is 2.82. The molecule has 1 aliphatic rings. The highest BCUT2D eigenvalue weighted by atomic mass is 16.5. The van der Waals surface area contributed by atoms with Gasteiger partial charge in [0.15, 0.2) is 0 Å². The zero-order valence-corrected chi connectivity index (χ0v) is 9.53. The van der Waals surface area contributed by atoms with Crippen molar-refractivity contribution in [3.8, 4) is 0 Å². The number of benzene rings is 1. The molecule has 1 heterocycles. The van der Waals surface area contributed by atoms with Crippen LogP contribution in [0.4, 0.5) is 0 Å². The minimum Gasteiger partial charge on any atom is -0.465 e. The maximum absolute atomic E-state index is 11.9. The summed E-state index contributed by atoms with van der Waals surface area (Å²) in [7, 11) is 0. The molecule has 84 valence electrons. The molecule has 0 bridgehead atoms. The number of aryl methyl sites for hydroxylation is 1. The SMILES string of the molecule is C=CCC1(c2cccc(C)c2)CCOC1=O. The molecule has 1 fully saturated rings. The van der Waals surface area contributed by atoms with Crippen LogP contribution < -0.4 is 0 Å². The fraction of sp³-hybridized carbons (Fsp3) is 0.357. The lowest BCUT2D eigenvalue weighted by molar-refractivity contribution is -0.142. The second kappa shape index (κ2) is 4.12. The van der Waals surface area contributed by atoms with E-state index in [2.05, 4.69) is 12.6 Å². The number of carbonyl (C=O) groups is 1. The number of allylic oxidation sites excluding steroid dienone is 1. The first-order chi connectivity index (χ1) is 7.69. The van der Waals surface area contributed by atoms with Crippen molar-refractivity contribution in [2.24, 2.45) is 0 Å². The Balaban J connectivity index is 2.47. The van der Waals surface area contributed by atoms with E-state index in [4.69, 9.17) is 4.74 Å². The number of carbonyl (C=O) groups excluding carboxylic acids is 1. The predicted molar refractivity (Wildman–Crippen MR) is 63.2 cm³/mol. The molecular weight excluding hydrogens is 200 g/mol. The summed E-state index contributed by atoms with van der Waals surface area (Å²) in [4.78, 5) is 11.9. The van der Waals surface area contributed by atoms with Crippen LogP contribution in [0, 0.1) is 6.92 Å². The van der Waals surface area contributed by atoms with Crippen LogP contribution in [0.3, 0.4) is 0 Å². The molecule has 0 N–H and O–H groups in total. The maximum atomic E-state index is 11.9. The predicted octanol–water partition coefficient (Wildman–Crippen LogP) is 2.76. The fourth-order valence-electron chi connectivity index (χ4n) is 2.31. The van der Waals surface area contributed by atoms with Gasteiger partial charge in [0.1, 0.15) is 0 Å². The smallest absolute Gasteiger partial charge is 0.317 e. The van der Waals surface area contributed by atoms with Crippen LogP contribution >= 0.6 is 0 Å². The molecule has 0 amide bonds. The molecular formula is C14H16O2. The first kappa shape index (κ1) is 10.9. The summed E-state index contributed by atoms with van der Waals surface area (Å²) in [5.41, 5.74) is 1.73. The summed E-state index contributed by atoms with van der Waals surface area (Å²) >= 11 is 0. The van der Waals surface area contributed by atoms with Gasteiger partial charge in [-0.1, -0.05) is 35.9 Å². The standard InChI is InChI=1S/C14H16O2/c1-3-7-14(8-9-16-13(14)15)12-6-4-5-11(2)10-12/h3-6,10H,1,7-9H2,2H3. The molecule has 0 aliphatic carbocycles. The van der Waals surface area contributed by atoms with Gasteiger partial charge in [-0.3, -0.25) is 4.79 Å². The molecule has 1 aromatic carbocycles. The van der Waals surface area contributed by atoms with Crippen molar-refractivity contribution in [2.75, 3.05) is 6.61 Å². The van der Waals surface area contributed by atoms with Gasteiger partial charge < -0.3 is 4.74 Å².